The Bertz CT molecular complexity index is 1070. The van der Waals surface area contributed by atoms with Crippen molar-refractivity contribution in [2.24, 2.45) is 0 Å². The van der Waals surface area contributed by atoms with Crippen LogP contribution < -0.4 is 10.1 Å². The van der Waals surface area contributed by atoms with Gasteiger partial charge in [0, 0.05) is 11.3 Å². The van der Waals surface area contributed by atoms with Crippen LogP contribution in [0.4, 0.5) is 18.9 Å². The molecule has 1 amide bonds. The van der Waals surface area contributed by atoms with E-state index in [9.17, 15) is 22.8 Å². The van der Waals surface area contributed by atoms with E-state index in [2.05, 4.69) is 5.32 Å². The number of amides is 1. The predicted octanol–water partition coefficient (Wildman–Crippen LogP) is 5.47. The number of carbonyl (C=O) groups is 2. The molecule has 0 bridgehead atoms. The zero-order valence-corrected chi connectivity index (χ0v) is 17.1. The highest BCUT2D eigenvalue weighted by atomic mass is 19.4. The fraction of sp³-hybridized carbons (Fsp3) is 0.167. The monoisotopic (exact) mass is 443 g/mol. The Morgan fingerprint density at radius 1 is 0.938 bits per heavy atom. The number of alkyl halides is 3. The van der Waals surface area contributed by atoms with Gasteiger partial charge >= 0.3 is 12.1 Å². The van der Waals surface area contributed by atoms with Crippen molar-refractivity contribution in [2.75, 3.05) is 5.32 Å². The smallest absolute Gasteiger partial charge is 0.416 e. The highest BCUT2D eigenvalue weighted by molar-refractivity contribution is 6.04. The van der Waals surface area contributed by atoms with Crippen molar-refractivity contribution < 1.29 is 32.2 Å². The van der Waals surface area contributed by atoms with Gasteiger partial charge < -0.3 is 14.8 Å². The third-order valence-corrected chi connectivity index (χ3v) is 4.43. The second-order valence-corrected chi connectivity index (χ2v) is 6.91. The average Bonchev–Trinajstić information content (AvgIpc) is 2.78. The van der Waals surface area contributed by atoms with Gasteiger partial charge in [-0.3, -0.25) is 4.79 Å². The van der Waals surface area contributed by atoms with E-state index in [1.165, 1.54) is 36.4 Å². The summed E-state index contributed by atoms with van der Waals surface area (Å²) < 4.78 is 49.2. The van der Waals surface area contributed by atoms with Gasteiger partial charge in [-0.2, -0.15) is 13.2 Å². The Hall–Kier alpha value is -3.81. The Kier molecular flexibility index (Phi) is 7.14. The first-order valence-corrected chi connectivity index (χ1v) is 9.68. The van der Waals surface area contributed by atoms with Crippen LogP contribution in [-0.2, 0) is 22.3 Å². The maximum absolute atomic E-state index is 12.8. The number of carbonyl (C=O) groups excluding carboxylic acids is 2. The summed E-state index contributed by atoms with van der Waals surface area (Å²) in [6.07, 6.45) is -5.37. The van der Waals surface area contributed by atoms with Crippen LogP contribution >= 0.6 is 0 Å². The second kappa shape index (κ2) is 10.00. The molecule has 3 aromatic rings. The third-order valence-electron chi connectivity index (χ3n) is 4.43. The van der Waals surface area contributed by atoms with Gasteiger partial charge in [-0.05, 0) is 55.0 Å². The van der Waals surface area contributed by atoms with Crippen LogP contribution in [0.15, 0.2) is 78.9 Å². The highest BCUT2D eigenvalue weighted by Crippen LogP contribution is 2.30. The van der Waals surface area contributed by atoms with Crippen molar-refractivity contribution >= 4 is 17.6 Å². The van der Waals surface area contributed by atoms with Crippen LogP contribution in [0, 0.1) is 0 Å². The molecule has 0 fully saturated rings. The van der Waals surface area contributed by atoms with E-state index in [4.69, 9.17) is 9.47 Å². The molecule has 8 heteroatoms. The lowest BCUT2D eigenvalue weighted by atomic mass is 10.1. The van der Waals surface area contributed by atoms with Crippen molar-refractivity contribution in [3.05, 3.63) is 95.6 Å². The summed E-state index contributed by atoms with van der Waals surface area (Å²) in [6.45, 7) is 1.67. The third kappa shape index (κ3) is 6.34. The second-order valence-electron chi connectivity index (χ2n) is 6.91. The minimum atomic E-state index is -4.50. The molecular formula is C24H20F3NO4. The Labute approximate surface area is 182 Å². The summed E-state index contributed by atoms with van der Waals surface area (Å²) in [4.78, 5) is 24.4. The Morgan fingerprint density at radius 2 is 1.62 bits per heavy atom. The highest BCUT2D eigenvalue weighted by Gasteiger charge is 2.30. The summed E-state index contributed by atoms with van der Waals surface area (Å²) in [6, 6.07) is 19.4. The summed E-state index contributed by atoms with van der Waals surface area (Å²) >= 11 is 0. The molecular weight excluding hydrogens is 423 g/mol. The van der Waals surface area contributed by atoms with E-state index in [0.29, 0.717) is 5.75 Å². The van der Waals surface area contributed by atoms with Crippen LogP contribution in [0.1, 0.15) is 28.4 Å². The zero-order valence-electron chi connectivity index (χ0n) is 17.1. The molecule has 0 radical (unpaired) electrons. The number of ether oxygens (including phenoxy) is 2. The van der Waals surface area contributed by atoms with Gasteiger partial charge in [-0.15, -0.1) is 0 Å². The van der Waals surface area contributed by atoms with Gasteiger partial charge in [0.2, 0.25) is 0 Å². The van der Waals surface area contributed by atoms with Gasteiger partial charge in [-0.1, -0.05) is 36.4 Å². The molecule has 3 aromatic carbocycles. The minimum Gasteiger partial charge on any atom is -0.479 e. The molecule has 5 nitrogen and oxygen atoms in total. The lowest BCUT2D eigenvalue weighted by molar-refractivity contribution is -0.152. The fourth-order valence-electron chi connectivity index (χ4n) is 2.76. The number of anilines is 1. The normalized spacial score (nSPS) is 12.0. The maximum atomic E-state index is 12.8. The summed E-state index contributed by atoms with van der Waals surface area (Å²) in [5, 5.41) is 2.43. The summed E-state index contributed by atoms with van der Waals surface area (Å²) in [7, 11) is 0. The number of rotatable bonds is 7. The van der Waals surface area contributed by atoms with E-state index >= 15 is 0 Å². The first-order valence-electron chi connectivity index (χ1n) is 9.68. The van der Waals surface area contributed by atoms with E-state index in [0.717, 1.165) is 17.7 Å². The molecule has 0 aliphatic carbocycles. The first-order chi connectivity index (χ1) is 15.2. The molecule has 32 heavy (non-hydrogen) atoms. The quantitative estimate of drug-likeness (QED) is 0.492. The summed E-state index contributed by atoms with van der Waals surface area (Å²) in [5.41, 5.74) is 0.241. The Balaban J connectivity index is 1.55. The first kappa shape index (κ1) is 22.9. The van der Waals surface area contributed by atoms with Crippen LogP contribution in [0.3, 0.4) is 0 Å². The fourth-order valence-corrected chi connectivity index (χ4v) is 2.76. The van der Waals surface area contributed by atoms with Gasteiger partial charge in [0.25, 0.3) is 5.91 Å². The SMILES string of the molecule is C[C@@H](Oc1ccc(C(=O)Nc2cccc(C(F)(F)F)c2)cc1)C(=O)OCc1ccccc1. The average molecular weight is 443 g/mol. The van der Waals surface area contributed by atoms with Crippen LogP contribution in [0.25, 0.3) is 0 Å². The van der Waals surface area contributed by atoms with E-state index in [1.807, 2.05) is 30.3 Å². The van der Waals surface area contributed by atoms with Crippen molar-refractivity contribution in [1.29, 1.82) is 0 Å². The lowest BCUT2D eigenvalue weighted by Gasteiger charge is -2.14. The predicted molar refractivity (Wildman–Crippen MR) is 112 cm³/mol. The van der Waals surface area contributed by atoms with Gasteiger partial charge in [0.15, 0.2) is 6.10 Å². The molecule has 0 heterocycles. The molecule has 0 aromatic heterocycles. The van der Waals surface area contributed by atoms with Crippen LogP contribution in [-0.4, -0.2) is 18.0 Å². The van der Waals surface area contributed by atoms with Crippen molar-refractivity contribution in [3.8, 4) is 5.75 Å². The molecule has 1 atom stereocenters. The number of hydrogen-bond donors (Lipinski definition) is 1. The molecule has 0 aliphatic rings. The number of hydrogen-bond acceptors (Lipinski definition) is 4. The van der Waals surface area contributed by atoms with E-state index in [-0.39, 0.29) is 17.9 Å². The molecule has 0 saturated carbocycles. The molecule has 0 aliphatic heterocycles. The number of nitrogens with one attached hydrogen (secondary N) is 1. The van der Waals surface area contributed by atoms with E-state index < -0.39 is 29.7 Å². The number of esters is 1. The maximum Gasteiger partial charge on any atom is 0.416 e. The largest absolute Gasteiger partial charge is 0.479 e. The van der Waals surface area contributed by atoms with Crippen molar-refractivity contribution in [1.82, 2.24) is 0 Å². The standard InChI is InChI=1S/C24H20F3NO4/c1-16(23(30)31-15-17-6-3-2-4-7-17)32-21-12-10-18(11-13-21)22(29)28-20-9-5-8-19(14-20)24(25,26)27/h2-14,16H,15H2,1H3,(H,28,29)/t16-/m1/s1. The number of halogens is 3. The van der Waals surface area contributed by atoms with Gasteiger partial charge in [0.05, 0.1) is 5.56 Å². The minimum absolute atomic E-state index is 0.0277. The van der Waals surface area contributed by atoms with Crippen molar-refractivity contribution in [3.63, 3.8) is 0 Å². The van der Waals surface area contributed by atoms with Gasteiger partial charge in [-0.25, -0.2) is 4.79 Å². The number of benzene rings is 3. The lowest BCUT2D eigenvalue weighted by Crippen LogP contribution is -2.26. The van der Waals surface area contributed by atoms with Crippen LogP contribution in [0.2, 0.25) is 0 Å². The summed E-state index contributed by atoms with van der Waals surface area (Å²) in [5.74, 6) is -0.781. The molecule has 0 saturated heterocycles. The molecule has 3 rings (SSSR count). The Morgan fingerprint density at radius 3 is 2.28 bits per heavy atom. The molecule has 1 N–H and O–H groups in total. The molecule has 166 valence electrons. The van der Waals surface area contributed by atoms with Gasteiger partial charge in [0.1, 0.15) is 12.4 Å². The van der Waals surface area contributed by atoms with Crippen molar-refractivity contribution in [2.45, 2.75) is 25.8 Å². The molecule has 0 unspecified atom stereocenters. The molecule has 0 spiro atoms. The zero-order chi connectivity index (χ0) is 23.1. The topological polar surface area (TPSA) is 64.6 Å². The van der Waals surface area contributed by atoms with Crippen LogP contribution in [0.5, 0.6) is 5.75 Å². The van der Waals surface area contributed by atoms with E-state index in [1.54, 1.807) is 6.92 Å².